The minimum Gasteiger partial charge on any atom is -0.391 e. The second kappa shape index (κ2) is 6.28. The summed E-state index contributed by atoms with van der Waals surface area (Å²) in [6.07, 6.45) is 0.209. The summed E-state index contributed by atoms with van der Waals surface area (Å²) >= 11 is 1.56. The van der Waals surface area contributed by atoms with Gasteiger partial charge in [-0.2, -0.15) is 0 Å². The number of rotatable bonds is 6. The third-order valence-electron chi connectivity index (χ3n) is 2.18. The number of aromatic nitrogens is 2. The molecule has 2 N–H and O–H groups in total. The van der Waals surface area contributed by atoms with Crippen LogP contribution in [0.1, 0.15) is 32.2 Å². The number of ether oxygens (including phenoxy) is 1. The molecule has 0 aliphatic heterocycles. The molecule has 1 atom stereocenters. The van der Waals surface area contributed by atoms with Crippen molar-refractivity contribution in [3.05, 3.63) is 5.01 Å². The summed E-state index contributed by atoms with van der Waals surface area (Å²) in [6, 6.07) is 0. The molecule has 0 saturated carbocycles. The first kappa shape index (κ1) is 14.3. The first-order valence-corrected chi connectivity index (χ1v) is 6.50. The van der Waals surface area contributed by atoms with Crippen LogP contribution in [-0.4, -0.2) is 41.7 Å². The number of nitrogens with one attached hydrogen (secondary N) is 1. The van der Waals surface area contributed by atoms with Crippen LogP contribution in [0.15, 0.2) is 0 Å². The molecule has 0 spiro atoms. The van der Waals surface area contributed by atoms with E-state index in [9.17, 15) is 5.11 Å². The molecular weight excluding hydrogens is 238 g/mol. The summed E-state index contributed by atoms with van der Waals surface area (Å²) in [7, 11) is 1.58. The van der Waals surface area contributed by atoms with Gasteiger partial charge in [0.2, 0.25) is 5.13 Å². The topological polar surface area (TPSA) is 67.3 Å². The van der Waals surface area contributed by atoms with Gasteiger partial charge in [-0.05, 0) is 6.42 Å². The minimum absolute atomic E-state index is 0.0349. The van der Waals surface area contributed by atoms with Gasteiger partial charge in [0.15, 0.2) is 0 Å². The molecule has 0 amide bonds. The van der Waals surface area contributed by atoms with Crippen molar-refractivity contribution in [2.24, 2.45) is 0 Å². The largest absolute Gasteiger partial charge is 0.391 e. The van der Waals surface area contributed by atoms with Gasteiger partial charge in [-0.3, -0.25) is 0 Å². The van der Waals surface area contributed by atoms with E-state index in [1.54, 1.807) is 18.4 Å². The third kappa shape index (κ3) is 4.97. The molecule has 1 aromatic rings. The van der Waals surface area contributed by atoms with E-state index in [-0.39, 0.29) is 5.41 Å². The number of aliphatic hydroxyl groups excluding tert-OH is 1. The highest BCUT2D eigenvalue weighted by Gasteiger charge is 2.19. The van der Waals surface area contributed by atoms with Crippen LogP contribution >= 0.6 is 11.3 Å². The third-order valence-corrected chi connectivity index (χ3v) is 3.49. The van der Waals surface area contributed by atoms with Gasteiger partial charge in [0.25, 0.3) is 0 Å². The number of aliphatic hydroxyl groups is 1. The predicted octanol–water partition coefficient (Wildman–Crippen LogP) is 1.64. The van der Waals surface area contributed by atoms with Crippen LogP contribution in [0.2, 0.25) is 0 Å². The van der Waals surface area contributed by atoms with Gasteiger partial charge in [-0.15, -0.1) is 10.2 Å². The lowest BCUT2D eigenvalue weighted by Gasteiger charge is -2.12. The van der Waals surface area contributed by atoms with Crippen LogP contribution < -0.4 is 5.32 Å². The molecule has 0 fully saturated rings. The molecule has 1 unspecified atom stereocenters. The highest BCUT2D eigenvalue weighted by atomic mass is 32.1. The van der Waals surface area contributed by atoms with Gasteiger partial charge in [0.05, 0.1) is 12.7 Å². The molecule has 1 rings (SSSR count). The Morgan fingerprint density at radius 1 is 1.41 bits per heavy atom. The van der Waals surface area contributed by atoms with Crippen LogP contribution in [0.5, 0.6) is 0 Å². The summed E-state index contributed by atoms with van der Waals surface area (Å²) in [4.78, 5) is 0. The van der Waals surface area contributed by atoms with E-state index in [1.165, 1.54) is 0 Å². The summed E-state index contributed by atoms with van der Waals surface area (Å²) in [5.74, 6) is 0. The highest BCUT2D eigenvalue weighted by Crippen LogP contribution is 2.27. The summed E-state index contributed by atoms with van der Waals surface area (Å²) < 4.78 is 4.85. The van der Waals surface area contributed by atoms with Crippen molar-refractivity contribution >= 4 is 16.5 Å². The Balaban J connectivity index is 2.35. The zero-order valence-electron chi connectivity index (χ0n) is 10.9. The molecule has 1 heterocycles. The standard InChI is InChI=1S/C11H21N3O2S/c1-11(2,3)9-13-14-10(17-9)12-6-5-8(15)7-16-4/h8,15H,5-7H2,1-4H3,(H,12,14). The number of hydrogen-bond donors (Lipinski definition) is 2. The molecule has 0 aromatic carbocycles. The van der Waals surface area contributed by atoms with Crippen molar-refractivity contribution in [3.8, 4) is 0 Å². The Morgan fingerprint density at radius 3 is 2.65 bits per heavy atom. The SMILES string of the molecule is COCC(O)CCNc1nnc(C(C)(C)C)s1. The van der Waals surface area contributed by atoms with Gasteiger partial charge in [0, 0.05) is 19.1 Å². The Morgan fingerprint density at radius 2 is 2.12 bits per heavy atom. The maximum Gasteiger partial charge on any atom is 0.205 e. The second-order valence-corrected chi connectivity index (χ2v) is 5.96. The van der Waals surface area contributed by atoms with Crippen molar-refractivity contribution in [2.75, 3.05) is 25.6 Å². The monoisotopic (exact) mass is 259 g/mol. The first-order chi connectivity index (χ1) is 7.93. The summed E-state index contributed by atoms with van der Waals surface area (Å²) in [5, 5.41) is 22.6. The van der Waals surface area contributed by atoms with Crippen molar-refractivity contribution in [3.63, 3.8) is 0 Å². The molecule has 0 aliphatic rings. The molecule has 1 aromatic heterocycles. The van der Waals surface area contributed by atoms with E-state index >= 15 is 0 Å². The summed E-state index contributed by atoms with van der Waals surface area (Å²) in [5.41, 5.74) is 0.0349. The number of methoxy groups -OCH3 is 1. The summed E-state index contributed by atoms with van der Waals surface area (Å²) in [6.45, 7) is 7.37. The lowest BCUT2D eigenvalue weighted by Crippen LogP contribution is -2.18. The first-order valence-electron chi connectivity index (χ1n) is 5.68. The van der Waals surface area contributed by atoms with Gasteiger partial charge < -0.3 is 15.2 Å². The molecule has 5 nitrogen and oxygen atoms in total. The fourth-order valence-electron chi connectivity index (χ4n) is 1.22. The van der Waals surface area contributed by atoms with Crippen LogP contribution in [0.4, 0.5) is 5.13 Å². The normalized spacial score (nSPS) is 13.7. The molecule has 0 aliphatic carbocycles. The highest BCUT2D eigenvalue weighted by molar-refractivity contribution is 7.15. The van der Waals surface area contributed by atoms with E-state index in [2.05, 4.69) is 36.3 Å². The average molecular weight is 259 g/mol. The van der Waals surface area contributed by atoms with E-state index in [0.717, 1.165) is 10.1 Å². The maximum absolute atomic E-state index is 9.46. The van der Waals surface area contributed by atoms with Gasteiger partial charge >= 0.3 is 0 Å². The predicted molar refractivity (Wildman–Crippen MR) is 69.6 cm³/mol. The molecule has 0 bridgehead atoms. The van der Waals surface area contributed by atoms with Crippen LogP contribution in [0.3, 0.4) is 0 Å². The fraction of sp³-hybridized carbons (Fsp3) is 0.818. The Hall–Kier alpha value is -0.720. The zero-order valence-corrected chi connectivity index (χ0v) is 11.7. The Bertz CT molecular complexity index is 336. The van der Waals surface area contributed by atoms with E-state index < -0.39 is 6.10 Å². The molecule has 6 heteroatoms. The quantitative estimate of drug-likeness (QED) is 0.813. The molecular formula is C11H21N3O2S. The van der Waals surface area contributed by atoms with Crippen molar-refractivity contribution in [1.29, 1.82) is 0 Å². The van der Waals surface area contributed by atoms with Crippen LogP contribution in [-0.2, 0) is 10.2 Å². The lowest BCUT2D eigenvalue weighted by atomic mass is 9.98. The van der Waals surface area contributed by atoms with Crippen molar-refractivity contribution in [2.45, 2.75) is 38.7 Å². The molecule has 0 radical (unpaired) electrons. The maximum atomic E-state index is 9.46. The van der Waals surface area contributed by atoms with Gasteiger partial charge in [-0.1, -0.05) is 32.1 Å². The molecule has 0 saturated heterocycles. The van der Waals surface area contributed by atoms with E-state index in [1.807, 2.05) is 0 Å². The fourth-order valence-corrected chi connectivity index (χ4v) is 2.05. The molecule has 98 valence electrons. The van der Waals surface area contributed by atoms with Gasteiger partial charge in [-0.25, -0.2) is 0 Å². The number of nitrogens with zero attached hydrogens (tertiary/aromatic N) is 2. The van der Waals surface area contributed by atoms with Crippen molar-refractivity contribution < 1.29 is 9.84 Å². The van der Waals surface area contributed by atoms with Crippen LogP contribution in [0, 0.1) is 0 Å². The van der Waals surface area contributed by atoms with Gasteiger partial charge in [0.1, 0.15) is 5.01 Å². The second-order valence-electron chi connectivity index (χ2n) is 4.99. The zero-order chi connectivity index (χ0) is 12.9. The minimum atomic E-state index is -0.428. The van der Waals surface area contributed by atoms with Crippen LogP contribution in [0.25, 0.3) is 0 Å². The van der Waals surface area contributed by atoms with Crippen molar-refractivity contribution in [1.82, 2.24) is 10.2 Å². The lowest BCUT2D eigenvalue weighted by molar-refractivity contribution is 0.0615. The molecule has 17 heavy (non-hydrogen) atoms. The van der Waals surface area contributed by atoms with E-state index in [0.29, 0.717) is 19.6 Å². The number of anilines is 1. The Kier molecular flexibility index (Phi) is 5.30. The number of hydrogen-bond acceptors (Lipinski definition) is 6. The Labute approximate surface area is 106 Å². The average Bonchev–Trinajstić information content (AvgIpc) is 2.66. The smallest absolute Gasteiger partial charge is 0.205 e. The van der Waals surface area contributed by atoms with E-state index in [4.69, 9.17) is 4.74 Å².